The Morgan fingerprint density at radius 2 is 2.05 bits per heavy atom. The number of anilines is 1. The van der Waals surface area contributed by atoms with E-state index < -0.39 is 0 Å². The van der Waals surface area contributed by atoms with Crippen LogP contribution in [-0.2, 0) is 4.79 Å². The number of benzene rings is 1. The fraction of sp³-hybridized carbons (Fsp3) is 0.533. The number of hydrogen-bond acceptors (Lipinski definition) is 4. The fourth-order valence-corrected chi connectivity index (χ4v) is 2.56. The highest BCUT2D eigenvalue weighted by Crippen LogP contribution is 2.32. The molecule has 1 amide bonds. The van der Waals surface area contributed by atoms with Gasteiger partial charge in [0.25, 0.3) is 0 Å². The van der Waals surface area contributed by atoms with Gasteiger partial charge in [-0.1, -0.05) is 6.92 Å². The van der Waals surface area contributed by atoms with E-state index in [2.05, 4.69) is 5.32 Å². The summed E-state index contributed by atoms with van der Waals surface area (Å²) in [6.45, 7) is 3.56. The second kappa shape index (κ2) is 6.61. The Bertz CT molecular complexity index is 474. The summed E-state index contributed by atoms with van der Waals surface area (Å²) in [5.41, 5.74) is 0.857. The quantitative estimate of drug-likeness (QED) is 0.892. The first kappa shape index (κ1) is 14.7. The van der Waals surface area contributed by atoms with Gasteiger partial charge in [0.1, 0.15) is 0 Å². The lowest BCUT2D eigenvalue weighted by Crippen LogP contribution is -2.50. The topological polar surface area (TPSA) is 50.8 Å². The summed E-state index contributed by atoms with van der Waals surface area (Å²) in [4.78, 5) is 14.3. The van der Waals surface area contributed by atoms with Crippen LogP contribution in [0.15, 0.2) is 18.2 Å². The zero-order chi connectivity index (χ0) is 14.5. The molecule has 1 aromatic carbocycles. The first-order valence-electron chi connectivity index (χ1n) is 6.98. The molecule has 0 bridgehead atoms. The molecule has 110 valence electrons. The second-order valence-corrected chi connectivity index (χ2v) is 4.78. The minimum absolute atomic E-state index is 0.0816. The normalized spacial score (nSPS) is 19.1. The molecule has 1 fully saturated rings. The number of piperidine rings is 1. The summed E-state index contributed by atoms with van der Waals surface area (Å²) in [5.74, 6) is 1.44. The molecule has 1 saturated heterocycles. The van der Waals surface area contributed by atoms with Gasteiger partial charge in [0.05, 0.1) is 20.3 Å². The first-order valence-corrected chi connectivity index (χ1v) is 6.98. The average Bonchev–Trinajstić information content (AvgIpc) is 2.49. The van der Waals surface area contributed by atoms with Crippen LogP contribution in [0.2, 0.25) is 0 Å². The largest absolute Gasteiger partial charge is 0.493 e. The summed E-state index contributed by atoms with van der Waals surface area (Å²) in [6, 6.07) is 5.50. The summed E-state index contributed by atoms with van der Waals surface area (Å²) >= 11 is 0. The molecule has 0 spiro atoms. The number of rotatable bonds is 5. The zero-order valence-corrected chi connectivity index (χ0v) is 12.3. The van der Waals surface area contributed by atoms with Crippen molar-refractivity contribution in [2.24, 2.45) is 0 Å². The van der Waals surface area contributed by atoms with Crippen LogP contribution >= 0.6 is 0 Å². The smallest absolute Gasteiger partial charge is 0.244 e. The van der Waals surface area contributed by atoms with Crippen LogP contribution in [0.4, 0.5) is 5.69 Å². The Balaban J connectivity index is 2.24. The maximum absolute atomic E-state index is 12.5. The van der Waals surface area contributed by atoms with Crippen LogP contribution < -0.4 is 19.7 Å². The Hall–Kier alpha value is -1.75. The molecule has 5 heteroatoms. The monoisotopic (exact) mass is 278 g/mol. The molecule has 1 unspecified atom stereocenters. The molecule has 1 atom stereocenters. The van der Waals surface area contributed by atoms with Crippen LogP contribution in [-0.4, -0.2) is 39.3 Å². The maximum Gasteiger partial charge on any atom is 0.244 e. The van der Waals surface area contributed by atoms with E-state index >= 15 is 0 Å². The predicted octanol–water partition coefficient (Wildman–Crippen LogP) is 1.81. The molecule has 20 heavy (non-hydrogen) atoms. The molecular formula is C15H22N2O3. The van der Waals surface area contributed by atoms with Crippen LogP contribution in [0.5, 0.6) is 11.5 Å². The zero-order valence-electron chi connectivity index (χ0n) is 12.3. The van der Waals surface area contributed by atoms with Gasteiger partial charge in [-0.15, -0.1) is 0 Å². The second-order valence-electron chi connectivity index (χ2n) is 4.78. The number of carbonyl (C=O) groups excluding carboxylic acids is 1. The molecule has 1 heterocycles. The van der Waals surface area contributed by atoms with E-state index in [1.807, 2.05) is 30.0 Å². The maximum atomic E-state index is 12.5. The number of amides is 1. The molecule has 0 aliphatic carbocycles. The predicted molar refractivity (Wildman–Crippen MR) is 78.6 cm³/mol. The van der Waals surface area contributed by atoms with E-state index in [1.165, 1.54) is 0 Å². The Morgan fingerprint density at radius 1 is 1.30 bits per heavy atom. The van der Waals surface area contributed by atoms with Gasteiger partial charge in [0.15, 0.2) is 11.5 Å². The van der Waals surface area contributed by atoms with Crippen molar-refractivity contribution >= 4 is 11.6 Å². The average molecular weight is 278 g/mol. The number of likely N-dealkylation sites (N-methyl/N-ethyl adjacent to an activating group) is 1. The van der Waals surface area contributed by atoms with Crippen molar-refractivity contribution in [2.75, 3.05) is 32.2 Å². The van der Waals surface area contributed by atoms with Gasteiger partial charge in [-0.3, -0.25) is 4.79 Å². The Kier molecular flexibility index (Phi) is 4.84. The van der Waals surface area contributed by atoms with Gasteiger partial charge in [0, 0.05) is 18.3 Å². The summed E-state index contributed by atoms with van der Waals surface area (Å²) < 4.78 is 10.5. The van der Waals surface area contributed by atoms with Crippen molar-refractivity contribution in [1.82, 2.24) is 5.32 Å². The molecule has 1 aliphatic heterocycles. The van der Waals surface area contributed by atoms with Gasteiger partial charge in [-0.25, -0.2) is 0 Å². The molecule has 1 N–H and O–H groups in total. The van der Waals surface area contributed by atoms with Gasteiger partial charge >= 0.3 is 0 Å². The van der Waals surface area contributed by atoms with E-state index in [1.54, 1.807) is 14.2 Å². The lowest BCUT2D eigenvalue weighted by atomic mass is 10.0. The van der Waals surface area contributed by atoms with Gasteiger partial charge in [-0.2, -0.15) is 0 Å². The standard InChI is InChI=1S/C15H22N2O3/c1-4-16-12-6-5-9-17(15(12)18)11-7-8-13(19-2)14(10-11)20-3/h7-8,10,12,16H,4-6,9H2,1-3H3. The van der Waals surface area contributed by atoms with Crippen LogP contribution in [0.25, 0.3) is 0 Å². The van der Waals surface area contributed by atoms with Crippen LogP contribution in [0.3, 0.4) is 0 Å². The van der Waals surface area contributed by atoms with E-state index in [-0.39, 0.29) is 11.9 Å². The fourth-order valence-electron chi connectivity index (χ4n) is 2.56. The SMILES string of the molecule is CCNC1CCCN(c2ccc(OC)c(OC)c2)C1=O. The third kappa shape index (κ3) is 2.88. The Labute approximate surface area is 119 Å². The Morgan fingerprint density at radius 3 is 2.70 bits per heavy atom. The van der Waals surface area contributed by atoms with Crippen molar-refractivity contribution in [3.8, 4) is 11.5 Å². The van der Waals surface area contributed by atoms with Crippen molar-refractivity contribution < 1.29 is 14.3 Å². The van der Waals surface area contributed by atoms with E-state index in [0.29, 0.717) is 11.5 Å². The summed E-state index contributed by atoms with van der Waals surface area (Å²) in [7, 11) is 3.20. The molecule has 5 nitrogen and oxygen atoms in total. The highest BCUT2D eigenvalue weighted by molar-refractivity contribution is 5.98. The lowest BCUT2D eigenvalue weighted by molar-refractivity contribution is -0.121. The molecule has 0 radical (unpaired) electrons. The van der Waals surface area contributed by atoms with Crippen molar-refractivity contribution in [3.05, 3.63) is 18.2 Å². The molecule has 0 aromatic heterocycles. The first-order chi connectivity index (χ1) is 9.71. The van der Waals surface area contributed by atoms with E-state index in [9.17, 15) is 4.79 Å². The van der Waals surface area contributed by atoms with Gasteiger partial charge < -0.3 is 19.7 Å². The number of nitrogens with one attached hydrogen (secondary N) is 1. The van der Waals surface area contributed by atoms with E-state index in [0.717, 1.165) is 31.6 Å². The van der Waals surface area contributed by atoms with Crippen molar-refractivity contribution in [2.45, 2.75) is 25.8 Å². The van der Waals surface area contributed by atoms with E-state index in [4.69, 9.17) is 9.47 Å². The molecule has 2 rings (SSSR count). The molecule has 1 aromatic rings. The summed E-state index contributed by atoms with van der Waals surface area (Å²) in [6.07, 6.45) is 1.90. The lowest BCUT2D eigenvalue weighted by Gasteiger charge is -2.32. The number of nitrogens with zero attached hydrogens (tertiary/aromatic N) is 1. The number of hydrogen-bond donors (Lipinski definition) is 1. The number of ether oxygens (including phenoxy) is 2. The number of carbonyl (C=O) groups is 1. The highest BCUT2D eigenvalue weighted by atomic mass is 16.5. The summed E-state index contributed by atoms with van der Waals surface area (Å²) in [5, 5.41) is 3.24. The molecule has 0 saturated carbocycles. The van der Waals surface area contributed by atoms with Crippen molar-refractivity contribution in [1.29, 1.82) is 0 Å². The van der Waals surface area contributed by atoms with Gasteiger partial charge in [0.2, 0.25) is 5.91 Å². The minimum atomic E-state index is -0.0816. The van der Waals surface area contributed by atoms with Gasteiger partial charge in [-0.05, 0) is 31.5 Å². The number of methoxy groups -OCH3 is 2. The van der Waals surface area contributed by atoms with Crippen molar-refractivity contribution in [3.63, 3.8) is 0 Å². The highest BCUT2D eigenvalue weighted by Gasteiger charge is 2.29. The third-order valence-corrected chi connectivity index (χ3v) is 3.57. The molecular weight excluding hydrogens is 256 g/mol. The van der Waals surface area contributed by atoms with Crippen LogP contribution in [0, 0.1) is 0 Å². The minimum Gasteiger partial charge on any atom is -0.493 e. The molecule has 1 aliphatic rings. The third-order valence-electron chi connectivity index (χ3n) is 3.57. The van der Waals surface area contributed by atoms with Crippen LogP contribution in [0.1, 0.15) is 19.8 Å².